The van der Waals surface area contributed by atoms with E-state index in [2.05, 4.69) is 4.98 Å². The Hall–Kier alpha value is -0.730. The standard InChI is InChI=1S/C9H9Cl2NO/c10-6-2-1-3-7-8(13)4-5-9(11)12-7/h1,3-5,13H,2,6H2. The molecule has 1 aromatic heterocycles. The molecule has 0 unspecified atom stereocenters. The Kier molecular flexibility index (Phi) is 4.06. The molecule has 1 aromatic rings. The highest BCUT2D eigenvalue weighted by atomic mass is 35.5. The lowest BCUT2D eigenvalue weighted by Crippen LogP contribution is -1.82. The van der Waals surface area contributed by atoms with Gasteiger partial charge in [0.05, 0.1) is 0 Å². The molecule has 0 aliphatic heterocycles. The Balaban J connectivity index is 2.81. The lowest BCUT2D eigenvalue weighted by molar-refractivity contribution is 0.471. The molecule has 0 spiro atoms. The second-order valence-electron chi connectivity index (χ2n) is 2.42. The first-order valence-corrected chi connectivity index (χ1v) is 4.73. The first kappa shape index (κ1) is 10.4. The van der Waals surface area contributed by atoms with Crippen molar-refractivity contribution in [1.29, 1.82) is 0 Å². The molecule has 0 fully saturated rings. The zero-order valence-corrected chi connectivity index (χ0v) is 8.39. The molecule has 70 valence electrons. The maximum Gasteiger partial charge on any atom is 0.141 e. The van der Waals surface area contributed by atoms with Crippen LogP contribution in [0, 0.1) is 0 Å². The summed E-state index contributed by atoms with van der Waals surface area (Å²) in [5.41, 5.74) is 0.470. The van der Waals surface area contributed by atoms with Crippen LogP contribution in [-0.2, 0) is 0 Å². The van der Waals surface area contributed by atoms with E-state index in [0.29, 0.717) is 16.7 Å². The molecule has 4 heteroatoms. The third-order valence-electron chi connectivity index (χ3n) is 1.42. The van der Waals surface area contributed by atoms with Crippen LogP contribution in [0.25, 0.3) is 6.08 Å². The van der Waals surface area contributed by atoms with Crippen LogP contribution < -0.4 is 0 Å². The van der Waals surface area contributed by atoms with Crippen molar-refractivity contribution in [2.45, 2.75) is 6.42 Å². The Morgan fingerprint density at radius 1 is 1.46 bits per heavy atom. The summed E-state index contributed by atoms with van der Waals surface area (Å²) in [6.45, 7) is 0. The van der Waals surface area contributed by atoms with E-state index in [1.807, 2.05) is 6.08 Å². The smallest absolute Gasteiger partial charge is 0.141 e. The number of pyridine rings is 1. The van der Waals surface area contributed by atoms with Crippen LogP contribution in [0.2, 0.25) is 5.15 Å². The molecule has 0 saturated carbocycles. The average molecular weight is 218 g/mol. The fourth-order valence-corrected chi connectivity index (χ4v) is 1.10. The van der Waals surface area contributed by atoms with Gasteiger partial charge in [-0.1, -0.05) is 17.7 Å². The number of hydrogen-bond acceptors (Lipinski definition) is 2. The van der Waals surface area contributed by atoms with E-state index < -0.39 is 0 Å². The first-order valence-electron chi connectivity index (χ1n) is 3.82. The normalized spacial score (nSPS) is 10.9. The maximum absolute atomic E-state index is 9.33. The molecule has 13 heavy (non-hydrogen) atoms. The van der Waals surface area contributed by atoms with Crippen molar-refractivity contribution in [2.24, 2.45) is 0 Å². The molecule has 0 atom stereocenters. The summed E-state index contributed by atoms with van der Waals surface area (Å²) in [6, 6.07) is 3.05. The number of hydrogen-bond donors (Lipinski definition) is 1. The van der Waals surface area contributed by atoms with Crippen molar-refractivity contribution < 1.29 is 5.11 Å². The lowest BCUT2D eigenvalue weighted by atomic mass is 10.3. The molecule has 0 amide bonds. The van der Waals surface area contributed by atoms with Crippen LogP contribution in [0.4, 0.5) is 0 Å². The van der Waals surface area contributed by atoms with Crippen molar-refractivity contribution in [3.05, 3.63) is 29.1 Å². The van der Waals surface area contributed by atoms with Gasteiger partial charge in [-0.2, -0.15) is 0 Å². The number of alkyl halides is 1. The third-order valence-corrected chi connectivity index (χ3v) is 1.85. The minimum absolute atomic E-state index is 0.121. The quantitative estimate of drug-likeness (QED) is 0.624. The Labute approximate surface area is 86.8 Å². The van der Waals surface area contributed by atoms with Crippen molar-refractivity contribution in [3.8, 4) is 5.75 Å². The van der Waals surface area contributed by atoms with Crippen LogP contribution >= 0.6 is 23.2 Å². The van der Waals surface area contributed by atoms with E-state index in [-0.39, 0.29) is 5.75 Å². The second kappa shape index (κ2) is 5.10. The van der Waals surface area contributed by atoms with Crippen molar-refractivity contribution in [2.75, 3.05) is 5.88 Å². The fourth-order valence-electron chi connectivity index (χ4n) is 0.823. The van der Waals surface area contributed by atoms with E-state index in [9.17, 15) is 5.11 Å². The summed E-state index contributed by atoms with van der Waals surface area (Å²) in [7, 11) is 0. The van der Waals surface area contributed by atoms with Crippen LogP contribution in [-0.4, -0.2) is 16.0 Å². The van der Waals surface area contributed by atoms with Gasteiger partial charge in [0.25, 0.3) is 0 Å². The van der Waals surface area contributed by atoms with Gasteiger partial charge in [-0.05, 0) is 24.6 Å². The van der Waals surface area contributed by atoms with Gasteiger partial charge in [0, 0.05) is 5.88 Å². The molecular formula is C9H9Cl2NO. The topological polar surface area (TPSA) is 33.1 Å². The van der Waals surface area contributed by atoms with Crippen molar-refractivity contribution in [3.63, 3.8) is 0 Å². The minimum atomic E-state index is 0.121. The highest BCUT2D eigenvalue weighted by Gasteiger charge is 1.98. The molecular weight excluding hydrogens is 209 g/mol. The number of allylic oxidation sites excluding steroid dienone is 1. The van der Waals surface area contributed by atoms with Gasteiger partial charge in [-0.3, -0.25) is 0 Å². The SMILES string of the molecule is Oc1ccc(Cl)nc1C=CCCCl. The number of nitrogens with zero attached hydrogens (tertiary/aromatic N) is 1. The molecule has 0 aliphatic rings. The lowest BCUT2D eigenvalue weighted by Gasteiger charge is -1.97. The van der Waals surface area contributed by atoms with Gasteiger partial charge in [0.15, 0.2) is 0 Å². The van der Waals surface area contributed by atoms with Crippen LogP contribution in [0.5, 0.6) is 5.75 Å². The molecule has 1 heterocycles. The summed E-state index contributed by atoms with van der Waals surface area (Å²) < 4.78 is 0. The Bertz CT molecular complexity index is 312. The van der Waals surface area contributed by atoms with Gasteiger partial charge >= 0.3 is 0 Å². The minimum Gasteiger partial charge on any atom is -0.506 e. The highest BCUT2D eigenvalue weighted by Crippen LogP contribution is 2.18. The summed E-state index contributed by atoms with van der Waals surface area (Å²) >= 11 is 11.1. The van der Waals surface area contributed by atoms with Crippen LogP contribution in [0.1, 0.15) is 12.1 Å². The molecule has 0 aromatic carbocycles. The average Bonchev–Trinajstić information content (AvgIpc) is 2.11. The maximum atomic E-state index is 9.33. The van der Waals surface area contributed by atoms with Crippen molar-refractivity contribution in [1.82, 2.24) is 4.98 Å². The molecule has 0 bridgehead atoms. The van der Waals surface area contributed by atoms with E-state index in [0.717, 1.165) is 6.42 Å². The molecule has 0 saturated heterocycles. The summed E-state index contributed by atoms with van der Waals surface area (Å²) in [5, 5.41) is 9.69. The number of halogens is 2. The Morgan fingerprint density at radius 3 is 2.92 bits per heavy atom. The molecule has 1 N–H and O–H groups in total. The number of rotatable bonds is 3. The molecule has 1 rings (SSSR count). The third kappa shape index (κ3) is 3.25. The predicted octanol–water partition coefficient (Wildman–Crippen LogP) is 3.08. The van der Waals surface area contributed by atoms with E-state index in [1.165, 1.54) is 12.1 Å². The number of aromatic hydroxyl groups is 1. The van der Waals surface area contributed by atoms with Gasteiger partial charge in [0.1, 0.15) is 16.6 Å². The van der Waals surface area contributed by atoms with E-state index in [4.69, 9.17) is 23.2 Å². The first-order chi connectivity index (χ1) is 6.24. The zero-order valence-electron chi connectivity index (χ0n) is 6.87. The zero-order chi connectivity index (χ0) is 9.68. The van der Waals surface area contributed by atoms with E-state index >= 15 is 0 Å². The highest BCUT2D eigenvalue weighted by molar-refractivity contribution is 6.29. The summed E-state index contributed by atoms with van der Waals surface area (Å²) in [6.07, 6.45) is 4.28. The van der Waals surface area contributed by atoms with Gasteiger partial charge in [0.2, 0.25) is 0 Å². The molecule has 0 aliphatic carbocycles. The van der Waals surface area contributed by atoms with Crippen LogP contribution in [0.15, 0.2) is 18.2 Å². The Morgan fingerprint density at radius 2 is 2.23 bits per heavy atom. The summed E-state index contributed by atoms with van der Waals surface area (Å²) in [4.78, 5) is 3.93. The van der Waals surface area contributed by atoms with Crippen molar-refractivity contribution >= 4 is 29.3 Å². The van der Waals surface area contributed by atoms with Gasteiger partial charge in [-0.25, -0.2) is 4.98 Å². The monoisotopic (exact) mass is 217 g/mol. The fraction of sp³-hybridized carbons (Fsp3) is 0.222. The van der Waals surface area contributed by atoms with Crippen LogP contribution in [0.3, 0.4) is 0 Å². The van der Waals surface area contributed by atoms with Gasteiger partial charge < -0.3 is 5.11 Å². The van der Waals surface area contributed by atoms with Gasteiger partial charge in [-0.15, -0.1) is 11.6 Å². The number of aromatic nitrogens is 1. The molecule has 2 nitrogen and oxygen atoms in total. The predicted molar refractivity (Wildman–Crippen MR) is 55.3 cm³/mol. The summed E-state index contributed by atoms with van der Waals surface area (Å²) in [5.74, 6) is 0.674. The second-order valence-corrected chi connectivity index (χ2v) is 3.18. The largest absolute Gasteiger partial charge is 0.506 e. The van der Waals surface area contributed by atoms with E-state index in [1.54, 1.807) is 6.08 Å². The molecule has 0 radical (unpaired) electrons.